The van der Waals surface area contributed by atoms with Gasteiger partial charge in [-0.2, -0.15) is 0 Å². The Bertz CT molecular complexity index is 815. The molecule has 1 fully saturated rings. The van der Waals surface area contributed by atoms with Gasteiger partial charge in [-0.1, -0.05) is 57.9 Å². The van der Waals surface area contributed by atoms with Gasteiger partial charge in [0.1, 0.15) is 5.84 Å². The molecule has 3 rings (SSSR count). The lowest BCUT2D eigenvalue weighted by atomic mass is 9.80. The van der Waals surface area contributed by atoms with E-state index in [1.54, 1.807) is 0 Å². The summed E-state index contributed by atoms with van der Waals surface area (Å²) in [6.45, 7) is 6.34. The molecule has 6 heteroatoms. The van der Waals surface area contributed by atoms with Gasteiger partial charge in [0.15, 0.2) is 0 Å². The molecular weight excluding hydrogens is 392 g/mol. The maximum Gasteiger partial charge on any atom is 0.307 e. The van der Waals surface area contributed by atoms with Gasteiger partial charge in [0.2, 0.25) is 0 Å². The van der Waals surface area contributed by atoms with Crippen molar-refractivity contribution in [2.45, 2.75) is 77.5 Å². The van der Waals surface area contributed by atoms with Gasteiger partial charge in [0.05, 0.1) is 24.7 Å². The number of carbonyl (C=O) groups is 1. The molecule has 1 aromatic carbocycles. The highest BCUT2D eigenvalue weighted by molar-refractivity contribution is 5.97. The average molecular weight is 429 g/mol. The molecular formula is C25H36N2O4. The van der Waals surface area contributed by atoms with E-state index in [-0.39, 0.29) is 29.7 Å². The van der Waals surface area contributed by atoms with Crippen molar-refractivity contribution in [3.63, 3.8) is 0 Å². The van der Waals surface area contributed by atoms with E-state index in [9.17, 15) is 15.0 Å². The summed E-state index contributed by atoms with van der Waals surface area (Å²) in [5.41, 5.74) is 1.46. The van der Waals surface area contributed by atoms with Crippen LogP contribution in [0.4, 0.5) is 5.69 Å². The Morgan fingerprint density at radius 1 is 1.32 bits per heavy atom. The largest absolute Gasteiger partial charge is 0.481 e. The van der Waals surface area contributed by atoms with Crippen LogP contribution < -0.4 is 5.32 Å². The quantitative estimate of drug-likeness (QED) is 0.445. The van der Waals surface area contributed by atoms with Crippen LogP contribution in [-0.2, 0) is 11.2 Å². The van der Waals surface area contributed by atoms with Crippen LogP contribution in [0.5, 0.6) is 0 Å². The number of aliphatic hydroxyl groups is 2. The third-order valence-electron chi connectivity index (χ3n) is 6.76. The van der Waals surface area contributed by atoms with Crippen molar-refractivity contribution in [2.24, 2.45) is 22.2 Å². The number of aliphatic carboxylic acids is 1. The number of fused-ring (bicyclic) bond motifs is 1. The lowest BCUT2D eigenvalue weighted by Gasteiger charge is -2.29. The number of nitrogens with one attached hydrogen (secondary N) is 1. The second-order valence-corrected chi connectivity index (χ2v) is 9.71. The fourth-order valence-electron chi connectivity index (χ4n) is 4.69. The summed E-state index contributed by atoms with van der Waals surface area (Å²) >= 11 is 0. The van der Waals surface area contributed by atoms with Crippen molar-refractivity contribution in [3.8, 4) is 0 Å². The first-order valence-electron chi connectivity index (χ1n) is 11.4. The standard InChI is InChI=1S/C25H36N2O4/c1-4-5-12-25(2,3)22(29)11-10-18-19-14-23(27-20(19)15-21(18)28)26-17-8-6-16(7-9-17)13-24(30)31/h6-11,18-22,28-29H,4-5,12-15H2,1-3H3,(H,26,27)(H,30,31). The topological polar surface area (TPSA) is 102 Å². The fraction of sp³-hybridized carbons (Fsp3) is 0.600. The van der Waals surface area contributed by atoms with Gasteiger partial charge in [-0.15, -0.1) is 0 Å². The molecule has 0 amide bonds. The van der Waals surface area contributed by atoms with Gasteiger partial charge in [0.25, 0.3) is 0 Å². The molecule has 0 saturated heterocycles. The Labute approximate surface area is 185 Å². The number of hydrogen-bond acceptors (Lipinski definition) is 5. The van der Waals surface area contributed by atoms with Crippen LogP contribution in [-0.4, -0.2) is 45.4 Å². The van der Waals surface area contributed by atoms with Crippen LogP contribution in [0.25, 0.3) is 0 Å². The van der Waals surface area contributed by atoms with E-state index in [0.29, 0.717) is 6.42 Å². The number of aliphatic hydroxyl groups excluding tert-OH is 2. The monoisotopic (exact) mass is 428 g/mol. The lowest BCUT2D eigenvalue weighted by Crippen LogP contribution is -2.28. The molecule has 5 unspecified atom stereocenters. The molecule has 1 saturated carbocycles. The second-order valence-electron chi connectivity index (χ2n) is 9.71. The molecule has 1 aromatic rings. The molecule has 0 aromatic heterocycles. The number of rotatable bonds is 9. The predicted octanol–water partition coefficient (Wildman–Crippen LogP) is 4.03. The predicted molar refractivity (Wildman–Crippen MR) is 123 cm³/mol. The number of aliphatic imine (C=N–C) groups is 1. The van der Waals surface area contributed by atoms with E-state index in [1.165, 1.54) is 0 Å². The lowest BCUT2D eigenvalue weighted by molar-refractivity contribution is -0.136. The number of hydrogen-bond donors (Lipinski definition) is 4. The van der Waals surface area contributed by atoms with Crippen molar-refractivity contribution in [2.75, 3.05) is 5.32 Å². The minimum atomic E-state index is -0.842. The van der Waals surface area contributed by atoms with Gasteiger partial charge in [0, 0.05) is 18.0 Å². The van der Waals surface area contributed by atoms with Gasteiger partial charge in [-0.25, -0.2) is 0 Å². The fourth-order valence-corrected chi connectivity index (χ4v) is 4.69. The maximum absolute atomic E-state index is 10.8. The Kier molecular flexibility index (Phi) is 7.55. The molecule has 4 N–H and O–H groups in total. The summed E-state index contributed by atoms with van der Waals surface area (Å²) in [6, 6.07) is 7.45. The van der Waals surface area contributed by atoms with E-state index in [2.05, 4.69) is 26.1 Å². The molecule has 0 bridgehead atoms. The zero-order valence-electron chi connectivity index (χ0n) is 18.8. The first-order valence-corrected chi connectivity index (χ1v) is 11.4. The highest BCUT2D eigenvalue weighted by atomic mass is 16.4. The summed E-state index contributed by atoms with van der Waals surface area (Å²) in [5.74, 6) is 0.272. The van der Waals surface area contributed by atoms with Crippen molar-refractivity contribution >= 4 is 17.5 Å². The summed E-state index contributed by atoms with van der Waals surface area (Å²) < 4.78 is 0. The van der Waals surface area contributed by atoms with Crippen LogP contribution in [0.1, 0.15) is 58.4 Å². The first-order chi connectivity index (χ1) is 14.7. The number of carboxylic acid groups (broad SMARTS) is 1. The third kappa shape index (κ3) is 5.95. The van der Waals surface area contributed by atoms with E-state index in [1.807, 2.05) is 36.4 Å². The minimum Gasteiger partial charge on any atom is -0.481 e. The molecule has 1 heterocycles. The Morgan fingerprint density at radius 3 is 2.68 bits per heavy atom. The number of nitrogens with zero attached hydrogens (tertiary/aromatic N) is 1. The van der Waals surface area contributed by atoms with Crippen molar-refractivity contribution in [1.29, 1.82) is 0 Å². The smallest absolute Gasteiger partial charge is 0.307 e. The zero-order chi connectivity index (χ0) is 22.6. The first kappa shape index (κ1) is 23.5. The van der Waals surface area contributed by atoms with Crippen LogP contribution >= 0.6 is 0 Å². The average Bonchev–Trinajstić information content (AvgIpc) is 3.21. The number of anilines is 1. The molecule has 0 radical (unpaired) electrons. The molecule has 2 aliphatic rings. The molecule has 1 aliphatic carbocycles. The van der Waals surface area contributed by atoms with Crippen molar-refractivity contribution in [3.05, 3.63) is 42.0 Å². The highest BCUT2D eigenvalue weighted by Crippen LogP contribution is 2.42. The van der Waals surface area contributed by atoms with Gasteiger partial charge in [-0.3, -0.25) is 9.79 Å². The van der Waals surface area contributed by atoms with Crippen LogP contribution in [0.2, 0.25) is 0 Å². The van der Waals surface area contributed by atoms with Crippen LogP contribution in [0.15, 0.2) is 41.4 Å². The van der Waals surface area contributed by atoms with E-state index >= 15 is 0 Å². The zero-order valence-corrected chi connectivity index (χ0v) is 18.8. The number of amidine groups is 1. The molecule has 1 aliphatic heterocycles. The summed E-state index contributed by atoms with van der Waals surface area (Å²) in [7, 11) is 0. The third-order valence-corrected chi connectivity index (χ3v) is 6.76. The molecule has 31 heavy (non-hydrogen) atoms. The Morgan fingerprint density at radius 2 is 2.03 bits per heavy atom. The van der Waals surface area contributed by atoms with Gasteiger partial charge >= 0.3 is 5.97 Å². The van der Waals surface area contributed by atoms with Crippen LogP contribution in [0.3, 0.4) is 0 Å². The second kappa shape index (κ2) is 9.96. The Hall–Kier alpha value is -2.18. The van der Waals surface area contributed by atoms with E-state index < -0.39 is 18.2 Å². The molecule has 0 spiro atoms. The summed E-state index contributed by atoms with van der Waals surface area (Å²) in [6.07, 6.45) is 7.49. The molecule has 170 valence electrons. The minimum absolute atomic E-state index is 0.0115. The van der Waals surface area contributed by atoms with E-state index in [4.69, 9.17) is 10.1 Å². The normalized spacial score (nSPS) is 26.7. The molecule has 6 nitrogen and oxygen atoms in total. The van der Waals surface area contributed by atoms with Crippen molar-refractivity contribution in [1.82, 2.24) is 0 Å². The van der Waals surface area contributed by atoms with Gasteiger partial charge < -0.3 is 20.6 Å². The number of carboxylic acids is 1. The summed E-state index contributed by atoms with van der Waals surface area (Å²) in [4.78, 5) is 15.6. The van der Waals surface area contributed by atoms with E-state index in [0.717, 1.165) is 42.8 Å². The SMILES string of the molecule is CCCCC(C)(C)C(O)C=CC1C(O)CC2N=C(Nc3ccc(CC(=O)O)cc3)CC21. The number of unbranched alkanes of at least 4 members (excludes halogenated alkanes) is 1. The van der Waals surface area contributed by atoms with Crippen molar-refractivity contribution < 1.29 is 20.1 Å². The molecule has 5 atom stereocenters. The summed E-state index contributed by atoms with van der Waals surface area (Å²) in [5, 5.41) is 33.5. The maximum atomic E-state index is 10.8. The number of benzene rings is 1. The van der Waals surface area contributed by atoms with Crippen LogP contribution in [0, 0.1) is 17.3 Å². The highest BCUT2D eigenvalue weighted by Gasteiger charge is 2.45. The Balaban J connectivity index is 1.59. The van der Waals surface area contributed by atoms with Gasteiger partial charge in [-0.05, 0) is 41.9 Å².